The van der Waals surface area contributed by atoms with Gasteiger partial charge in [0.25, 0.3) is 0 Å². The zero-order valence-corrected chi connectivity index (χ0v) is 14.0. The van der Waals surface area contributed by atoms with E-state index in [2.05, 4.69) is 39.0 Å². The molecule has 2 N–H and O–H groups in total. The molecule has 2 heterocycles. The first-order valence-electron chi connectivity index (χ1n) is 7.89. The number of benzene rings is 1. The van der Waals surface area contributed by atoms with Crippen LogP contribution in [0.15, 0.2) is 28.8 Å². The minimum atomic E-state index is 0.291. The van der Waals surface area contributed by atoms with E-state index in [1.807, 2.05) is 12.1 Å². The highest BCUT2D eigenvalue weighted by Gasteiger charge is 2.23. The van der Waals surface area contributed by atoms with Crippen LogP contribution < -0.4 is 5.73 Å². The highest BCUT2D eigenvalue weighted by atomic mass is 35.5. The average molecular weight is 336 g/mol. The van der Waals surface area contributed by atoms with Crippen LogP contribution >= 0.6 is 11.6 Å². The van der Waals surface area contributed by atoms with Crippen LogP contribution in [0, 0.1) is 0 Å². The summed E-state index contributed by atoms with van der Waals surface area (Å²) in [5.74, 6) is 1.21. The molecule has 0 aliphatic carbocycles. The molecule has 0 amide bonds. The summed E-state index contributed by atoms with van der Waals surface area (Å²) < 4.78 is 5.05. The van der Waals surface area contributed by atoms with Gasteiger partial charge >= 0.3 is 0 Å². The van der Waals surface area contributed by atoms with Crippen LogP contribution in [0.5, 0.6) is 0 Å². The summed E-state index contributed by atoms with van der Waals surface area (Å²) in [6.07, 6.45) is 0. The number of rotatable bonds is 5. The molecule has 7 heteroatoms. The Kier molecular flexibility index (Phi) is 5.27. The fourth-order valence-corrected chi connectivity index (χ4v) is 3.02. The molecule has 1 aromatic carbocycles. The molecule has 1 atom stereocenters. The van der Waals surface area contributed by atoms with Crippen LogP contribution in [0.4, 0.5) is 0 Å². The third kappa shape index (κ3) is 4.09. The number of piperazine rings is 1. The molecule has 1 unspecified atom stereocenters. The van der Waals surface area contributed by atoms with Crippen molar-refractivity contribution in [3.05, 3.63) is 46.6 Å². The van der Waals surface area contributed by atoms with E-state index in [9.17, 15) is 0 Å². The van der Waals surface area contributed by atoms with Gasteiger partial charge in [-0.05, 0) is 24.6 Å². The van der Waals surface area contributed by atoms with Crippen molar-refractivity contribution in [2.75, 3.05) is 26.2 Å². The van der Waals surface area contributed by atoms with Crippen molar-refractivity contribution >= 4 is 11.6 Å². The Morgan fingerprint density at radius 1 is 1.22 bits per heavy atom. The number of halogens is 1. The van der Waals surface area contributed by atoms with E-state index in [1.54, 1.807) is 0 Å². The van der Waals surface area contributed by atoms with Gasteiger partial charge in [0.05, 0.1) is 13.1 Å². The van der Waals surface area contributed by atoms with Crippen molar-refractivity contribution in [2.45, 2.75) is 26.1 Å². The molecule has 0 radical (unpaired) electrons. The van der Waals surface area contributed by atoms with Gasteiger partial charge in [0.2, 0.25) is 5.89 Å². The van der Waals surface area contributed by atoms with E-state index in [-0.39, 0.29) is 0 Å². The first kappa shape index (κ1) is 16.4. The smallest absolute Gasteiger partial charge is 0.240 e. The minimum absolute atomic E-state index is 0.291. The molecule has 1 saturated heterocycles. The maximum atomic E-state index is 5.96. The Balaban J connectivity index is 1.52. The Morgan fingerprint density at radius 2 is 1.91 bits per heavy atom. The first-order valence-corrected chi connectivity index (χ1v) is 8.27. The summed E-state index contributed by atoms with van der Waals surface area (Å²) in [7, 11) is 0. The van der Waals surface area contributed by atoms with Gasteiger partial charge < -0.3 is 10.3 Å². The fourth-order valence-electron chi connectivity index (χ4n) is 2.90. The molecule has 0 bridgehead atoms. The van der Waals surface area contributed by atoms with Crippen LogP contribution in [0.3, 0.4) is 0 Å². The van der Waals surface area contributed by atoms with Crippen molar-refractivity contribution < 1.29 is 4.52 Å². The second-order valence-corrected chi connectivity index (χ2v) is 6.28. The van der Waals surface area contributed by atoms with E-state index in [0.717, 1.165) is 31.2 Å². The molecule has 6 nitrogen and oxygen atoms in total. The summed E-state index contributed by atoms with van der Waals surface area (Å²) in [6, 6.07) is 8.51. The van der Waals surface area contributed by atoms with Crippen LogP contribution in [-0.2, 0) is 13.1 Å². The van der Waals surface area contributed by atoms with E-state index in [1.165, 1.54) is 5.56 Å². The predicted octanol–water partition coefficient (Wildman–Crippen LogP) is 2.06. The lowest BCUT2D eigenvalue weighted by molar-refractivity contribution is 0.0956. The number of nitrogens with two attached hydrogens (primary N) is 1. The second-order valence-electron chi connectivity index (χ2n) is 5.85. The van der Waals surface area contributed by atoms with E-state index < -0.39 is 0 Å². The number of hydrogen-bond donors (Lipinski definition) is 1. The third-order valence-electron chi connectivity index (χ3n) is 4.36. The molecular formula is C16H22ClN5O. The van der Waals surface area contributed by atoms with E-state index in [4.69, 9.17) is 21.9 Å². The summed E-state index contributed by atoms with van der Waals surface area (Å²) in [5, 5.41) is 4.74. The Hall–Kier alpha value is -1.47. The standard InChI is InChI=1S/C16H22ClN5O/c1-12(13-2-4-14(17)5-3-13)22-8-6-21(7-9-22)11-15-19-16(10-18)23-20-15/h2-5,12H,6-11,18H2,1H3. The molecule has 3 rings (SSSR count). The second kappa shape index (κ2) is 7.40. The van der Waals surface area contributed by atoms with E-state index in [0.29, 0.717) is 30.8 Å². The molecule has 1 aliphatic rings. The van der Waals surface area contributed by atoms with Gasteiger partial charge in [-0.25, -0.2) is 0 Å². The summed E-state index contributed by atoms with van der Waals surface area (Å²) in [5.41, 5.74) is 6.79. The quantitative estimate of drug-likeness (QED) is 0.901. The SMILES string of the molecule is CC(c1ccc(Cl)cc1)N1CCN(Cc2noc(CN)n2)CC1. The molecule has 0 spiro atoms. The maximum absolute atomic E-state index is 5.96. The van der Waals surface area contributed by atoms with Crippen LogP contribution in [0.25, 0.3) is 0 Å². The molecule has 2 aromatic rings. The third-order valence-corrected chi connectivity index (χ3v) is 4.61. The summed E-state index contributed by atoms with van der Waals surface area (Å²) in [6.45, 7) is 7.27. The van der Waals surface area contributed by atoms with Gasteiger partial charge in [0, 0.05) is 37.2 Å². The highest BCUT2D eigenvalue weighted by molar-refractivity contribution is 6.30. The lowest BCUT2D eigenvalue weighted by Crippen LogP contribution is -2.46. The van der Waals surface area contributed by atoms with Crippen LogP contribution in [0.2, 0.25) is 5.02 Å². The number of aromatic nitrogens is 2. The zero-order chi connectivity index (χ0) is 16.2. The van der Waals surface area contributed by atoms with Crippen LogP contribution in [-0.4, -0.2) is 46.1 Å². The maximum Gasteiger partial charge on any atom is 0.240 e. The van der Waals surface area contributed by atoms with Crippen molar-refractivity contribution in [2.24, 2.45) is 5.73 Å². The van der Waals surface area contributed by atoms with Crippen molar-refractivity contribution in [1.29, 1.82) is 0 Å². The average Bonchev–Trinajstić information content (AvgIpc) is 3.03. The Labute approximate surface area is 141 Å². The Morgan fingerprint density at radius 3 is 2.52 bits per heavy atom. The lowest BCUT2D eigenvalue weighted by atomic mass is 10.1. The predicted molar refractivity (Wildman–Crippen MR) is 88.9 cm³/mol. The molecular weight excluding hydrogens is 314 g/mol. The van der Waals surface area contributed by atoms with Gasteiger partial charge in [-0.2, -0.15) is 4.98 Å². The summed E-state index contributed by atoms with van der Waals surface area (Å²) in [4.78, 5) is 9.09. The van der Waals surface area contributed by atoms with Gasteiger partial charge in [-0.15, -0.1) is 0 Å². The number of hydrogen-bond acceptors (Lipinski definition) is 6. The minimum Gasteiger partial charge on any atom is -0.338 e. The molecule has 124 valence electrons. The zero-order valence-electron chi connectivity index (χ0n) is 13.3. The molecule has 23 heavy (non-hydrogen) atoms. The van der Waals surface area contributed by atoms with Crippen molar-refractivity contribution in [3.8, 4) is 0 Å². The van der Waals surface area contributed by atoms with Gasteiger partial charge in [-0.1, -0.05) is 28.9 Å². The largest absolute Gasteiger partial charge is 0.338 e. The molecule has 1 fully saturated rings. The highest BCUT2D eigenvalue weighted by Crippen LogP contribution is 2.23. The Bertz CT molecular complexity index is 622. The lowest BCUT2D eigenvalue weighted by Gasteiger charge is -2.37. The molecule has 0 saturated carbocycles. The molecule has 1 aromatic heterocycles. The monoisotopic (exact) mass is 335 g/mol. The van der Waals surface area contributed by atoms with Crippen LogP contribution in [0.1, 0.15) is 30.2 Å². The normalized spacial score (nSPS) is 18.2. The van der Waals surface area contributed by atoms with Gasteiger partial charge in [0.15, 0.2) is 5.82 Å². The topological polar surface area (TPSA) is 71.4 Å². The number of nitrogens with zero attached hydrogens (tertiary/aromatic N) is 4. The van der Waals surface area contributed by atoms with Crippen molar-refractivity contribution in [3.63, 3.8) is 0 Å². The van der Waals surface area contributed by atoms with Gasteiger partial charge in [0.1, 0.15) is 0 Å². The fraction of sp³-hybridized carbons (Fsp3) is 0.500. The van der Waals surface area contributed by atoms with E-state index >= 15 is 0 Å². The van der Waals surface area contributed by atoms with Gasteiger partial charge in [-0.3, -0.25) is 9.80 Å². The first-order chi connectivity index (χ1) is 11.2. The summed E-state index contributed by atoms with van der Waals surface area (Å²) >= 11 is 5.96. The molecule has 1 aliphatic heterocycles. The van der Waals surface area contributed by atoms with Crippen molar-refractivity contribution in [1.82, 2.24) is 19.9 Å².